The van der Waals surface area contributed by atoms with Crippen LogP contribution in [0.2, 0.25) is 0 Å². The topological polar surface area (TPSA) is 50.8 Å². The average molecular weight is 475 g/mol. The summed E-state index contributed by atoms with van der Waals surface area (Å²) in [4.78, 5) is 16.1. The first-order valence-corrected chi connectivity index (χ1v) is 12.1. The molecule has 0 saturated carbocycles. The Hall–Kier alpha value is -3.54. The van der Waals surface area contributed by atoms with Crippen molar-refractivity contribution in [1.29, 1.82) is 0 Å². The summed E-state index contributed by atoms with van der Waals surface area (Å²) in [7, 11) is 3.26. The molecular formula is C29H31FN2O3. The SMILES string of the molecule is COc1cc2c(cc1OC)[C@@H](C)N(C(=O)C1Cc3ccccc3NC1Cc1ccccc1F)CC2. The Bertz CT molecular complexity index is 1240. The third-order valence-electron chi connectivity index (χ3n) is 7.47. The van der Waals surface area contributed by atoms with Gasteiger partial charge in [-0.2, -0.15) is 0 Å². The molecule has 0 bridgehead atoms. The summed E-state index contributed by atoms with van der Waals surface area (Å²) >= 11 is 0. The largest absolute Gasteiger partial charge is 0.493 e. The van der Waals surface area contributed by atoms with E-state index in [1.165, 1.54) is 11.6 Å². The number of fused-ring (bicyclic) bond motifs is 2. The van der Waals surface area contributed by atoms with Gasteiger partial charge in [-0.05, 0) is 72.7 Å². The first-order chi connectivity index (χ1) is 17.0. The van der Waals surface area contributed by atoms with Gasteiger partial charge in [-0.25, -0.2) is 4.39 Å². The van der Waals surface area contributed by atoms with E-state index >= 15 is 0 Å². The van der Waals surface area contributed by atoms with E-state index in [1.807, 2.05) is 41.3 Å². The van der Waals surface area contributed by atoms with Crippen molar-refractivity contribution in [3.05, 3.63) is 88.7 Å². The summed E-state index contributed by atoms with van der Waals surface area (Å²) < 4.78 is 25.5. The highest BCUT2D eigenvalue weighted by atomic mass is 19.1. The second kappa shape index (κ2) is 9.61. The van der Waals surface area contributed by atoms with Gasteiger partial charge in [-0.1, -0.05) is 36.4 Å². The first-order valence-electron chi connectivity index (χ1n) is 12.1. The Morgan fingerprint density at radius 3 is 2.51 bits per heavy atom. The van der Waals surface area contributed by atoms with Crippen LogP contribution in [0.3, 0.4) is 0 Å². The number of hydrogen-bond acceptors (Lipinski definition) is 4. The van der Waals surface area contributed by atoms with Crippen molar-refractivity contribution in [2.45, 2.75) is 38.3 Å². The van der Waals surface area contributed by atoms with Gasteiger partial charge < -0.3 is 19.7 Å². The fourth-order valence-corrected chi connectivity index (χ4v) is 5.53. The van der Waals surface area contributed by atoms with Crippen molar-refractivity contribution in [3.63, 3.8) is 0 Å². The molecule has 2 aliphatic rings. The lowest BCUT2D eigenvalue weighted by molar-refractivity contribution is -0.138. The number of halogens is 1. The smallest absolute Gasteiger partial charge is 0.228 e. The maximum atomic E-state index is 14.5. The molecule has 0 aliphatic carbocycles. The minimum atomic E-state index is -0.298. The molecular weight excluding hydrogens is 443 g/mol. The predicted octanol–water partition coefficient (Wildman–Crippen LogP) is 5.18. The van der Waals surface area contributed by atoms with Crippen LogP contribution in [0.1, 0.15) is 35.2 Å². The maximum Gasteiger partial charge on any atom is 0.228 e. The van der Waals surface area contributed by atoms with E-state index in [9.17, 15) is 9.18 Å². The van der Waals surface area contributed by atoms with Crippen LogP contribution in [0.4, 0.5) is 10.1 Å². The van der Waals surface area contributed by atoms with Crippen molar-refractivity contribution in [2.24, 2.45) is 5.92 Å². The zero-order valence-electron chi connectivity index (χ0n) is 20.4. The Labute approximate surface area is 205 Å². The summed E-state index contributed by atoms with van der Waals surface area (Å²) in [5.41, 5.74) is 5.02. The molecule has 1 amide bonds. The van der Waals surface area contributed by atoms with Crippen LogP contribution in [0.15, 0.2) is 60.7 Å². The summed E-state index contributed by atoms with van der Waals surface area (Å²) in [6.45, 7) is 2.70. The Balaban J connectivity index is 1.46. The number of nitrogens with zero attached hydrogens (tertiary/aromatic N) is 1. The van der Waals surface area contributed by atoms with E-state index in [4.69, 9.17) is 9.47 Å². The molecule has 3 aromatic rings. The molecule has 0 saturated heterocycles. The van der Waals surface area contributed by atoms with Gasteiger partial charge in [-0.3, -0.25) is 4.79 Å². The van der Waals surface area contributed by atoms with Crippen LogP contribution < -0.4 is 14.8 Å². The van der Waals surface area contributed by atoms with E-state index in [2.05, 4.69) is 18.3 Å². The molecule has 5 nitrogen and oxygen atoms in total. The van der Waals surface area contributed by atoms with Gasteiger partial charge in [0.1, 0.15) is 5.82 Å². The number of amides is 1. The van der Waals surface area contributed by atoms with Crippen molar-refractivity contribution in [2.75, 3.05) is 26.1 Å². The highest BCUT2D eigenvalue weighted by molar-refractivity contribution is 5.82. The zero-order valence-corrected chi connectivity index (χ0v) is 20.4. The molecule has 35 heavy (non-hydrogen) atoms. The molecule has 182 valence electrons. The highest BCUT2D eigenvalue weighted by Crippen LogP contribution is 2.40. The molecule has 0 spiro atoms. The molecule has 0 aromatic heterocycles. The van der Waals surface area contributed by atoms with E-state index in [0.717, 1.165) is 23.2 Å². The minimum Gasteiger partial charge on any atom is -0.493 e. The third kappa shape index (κ3) is 4.33. The zero-order chi connectivity index (χ0) is 24.5. The van der Waals surface area contributed by atoms with Crippen LogP contribution in [0.25, 0.3) is 0 Å². The number of carbonyl (C=O) groups is 1. The van der Waals surface area contributed by atoms with Gasteiger partial charge in [0.05, 0.1) is 26.2 Å². The van der Waals surface area contributed by atoms with Gasteiger partial charge in [0, 0.05) is 18.3 Å². The lowest BCUT2D eigenvalue weighted by Crippen LogP contribution is -2.50. The lowest BCUT2D eigenvalue weighted by Gasteiger charge is -2.41. The number of methoxy groups -OCH3 is 2. The van der Waals surface area contributed by atoms with E-state index in [-0.39, 0.29) is 29.7 Å². The molecule has 0 radical (unpaired) electrons. The number of anilines is 1. The van der Waals surface area contributed by atoms with Crippen molar-refractivity contribution < 1.29 is 18.7 Å². The molecule has 2 aliphatic heterocycles. The highest BCUT2D eigenvalue weighted by Gasteiger charge is 2.39. The number of hydrogen-bond donors (Lipinski definition) is 1. The molecule has 5 rings (SSSR count). The second-order valence-electron chi connectivity index (χ2n) is 9.38. The molecule has 1 N–H and O–H groups in total. The van der Waals surface area contributed by atoms with Crippen molar-refractivity contribution in [1.82, 2.24) is 4.90 Å². The maximum absolute atomic E-state index is 14.5. The standard InChI is InChI=1S/C29H31FN2O3/c1-18-22-17-28(35-3)27(34-2)16-19(22)12-13-32(18)29(33)23-14-21-9-5-7-11-25(21)31-26(23)15-20-8-4-6-10-24(20)30/h4-11,16-18,23,26,31H,12-15H2,1-3H3/t18-,23?,26?/m1/s1. The molecule has 6 heteroatoms. The molecule has 3 aromatic carbocycles. The average Bonchev–Trinajstić information content (AvgIpc) is 2.88. The molecule has 0 fully saturated rings. The number of rotatable bonds is 5. The number of nitrogens with one attached hydrogen (secondary N) is 1. The number of carbonyl (C=O) groups excluding carboxylic acids is 1. The molecule has 3 atom stereocenters. The Morgan fingerprint density at radius 1 is 1.03 bits per heavy atom. The molecule has 2 unspecified atom stereocenters. The summed E-state index contributed by atoms with van der Waals surface area (Å²) in [6, 6.07) is 18.6. The lowest BCUT2D eigenvalue weighted by atomic mass is 9.82. The van der Waals surface area contributed by atoms with Crippen LogP contribution in [0, 0.1) is 11.7 Å². The minimum absolute atomic E-state index is 0.0984. The van der Waals surface area contributed by atoms with Crippen molar-refractivity contribution >= 4 is 11.6 Å². The normalized spacial score (nSPS) is 20.9. The number of para-hydroxylation sites is 1. The quantitative estimate of drug-likeness (QED) is 0.553. The van der Waals surface area contributed by atoms with E-state index in [0.29, 0.717) is 36.4 Å². The fraction of sp³-hybridized carbons (Fsp3) is 0.345. The van der Waals surface area contributed by atoms with Gasteiger partial charge >= 0.3 is 0 Å². The van der Waals surface area contributed by atoms with Gasteiger partial charge in [0.2, 0.25) is 5.91 Å². The second-order valence-corrected chi connectivity index (χ2v) is 9.38. The number of ether oxygens (including phenoxy) is 2. The van der Waals surface area contributed by atoms with Crippen LogP contribution in [-0.4, -0.2) is 37.6 Å². The molecule has 2 heterocycles. The fourth-order valence-electron chi connectivity index (χ4n) is 5.53. The van der Waals surface area contributed by atoms with Gasteiger partial charge in [0.25, 0.3) is 0 Å². The third-order valence-corrected chi connectivity index (χ3v) is 7.47. The first kappa shape index (κ1) is 23.2. The van der Waals surface area contributed by atoms with Gasteiger partial charge in [0.15, 0.2) is 11.5 Å². The van der Waals surface area contributed by atoms with Gasteiger partial charge in [-0.15, -0.1) is 0 Å². The van der Waals surface area contributed by atoms with E-state index in [1.54, 1.807) is 26.4 Å². The summed E-state index contributed by atoms with van der Waals surface area (Å²) in [6.07, 6.45) is 1.82. The van der Waals surface area contributed by atoms with Crippen LogP contribution in [-0.2, 0) is 24.1 Å². The number of benzene rings is 3. The summed E-state index contributed by atoms with van der Waals surface area (Å²) in [5.74, 6) is 0.935. The Morgan fingerprint density at radius 2 is 1.74 bits per heavy atom. The monoisotopic (exact) mass is 474 g/mol. The summed E-state index contributed by atoms with van der Waals surface area (Å²) in [5, 5.41) is 3.56. The van der Waals surface area contributed by atoms with Crippen molar-refractivity contribution in [3.8, 4) is 11.5 Å². The predicted molar refractivity (Wildman–Crippen MR) is 135 cm³/mol. The Kier molecular flexibility index (Phi) is 6.37. The van der Waals surface area contributed by atoms with Crippen LogP contribution in [0.5, 0.6) is 11.5 Å². The van der Waals surface area contributed by atoms with Crippen LogP contribution >= 0.6 is 0 Å². The van der Waals surface area contributed by atoms with E-state index < -0.39 is 0 Å².